The predicted molar refractivity (Wildman–Crippen MR) is 61.6 cm³/mol. The lowest BCUT2D eigenvalue weighted by Gasteiger charge is -2.12. The van der Waals surface area contributed by atoms with Crippen LogP contribution in [0.3, 0.4) is 0 Å². The highest BCUT2D eigenvalue weighted by Crippen LogP contribution is 2.24. The fraction of sp³-hybridized carbons (Fsp3) is 0.308. The van der Waals surface area contributed by atoms with Gasteiger partial charge in [-0.1, -0.05) is 18.2 Å². The lowest BCUT2D eigenvalue weighted by atomic mass is 10.0. The van der Waals surface area contributed by atoms with Crippen LogP contribution in [0.5, 0.6) is 0 Å². The van der Waals surface area contributed by atoms with Crippen molar-refractivity contribution in [1.82, 2.24) is 0 Å². The first-order valence-electron chi connectivity index (χ1n) is 5.16. The standard InChI is InChI=1S/C13H14O3/c1-8-5-4-6-9-7-10(16-11(8)9)12(14)13(2,3)15/h4-7,15H,1-3H3. The van der Waals surface area contributed by atoms with Gasteiger partial charge in [-0.3, -0.25) is 4.79 Å². The highest BCUT2D eigenvalue weighted by molar-refractivity contribution is 6.02. The molecule has 0 amide bonds. The van der Waals surface area contributed by atoms with Gasteiger partial charge in [0.05, 0.1) is 0 Å². The lowest BCUT2D eigenvalue weighted by Crippen LogP contribution is -2.30. The second-order valence-corrected chi connectivity index (χ2v) is 4.49. The van der Waals surface area contributed by atoms with Gasteiger partial charge < -0.3 is 9.52 Å². The molecule has 0 aliphatic rings. The summed E-state index contributed by atoms with van der Waals surface area (Å²) in [5.74, 6) is -0.195. The van der Waals surface area contributed by atoms with E-state index in [1.807, 2.05) is 25.1 Å². The molecule has 0 radical (unpaired) electrons. The molecule has 1 aromatic carbocycles. The summed E-state index contributed by atoms with van der Waals surface area (Å²) in [5, 5.41) is 10.5. The zero-order chi connectivity index (χ0) is 11.9. The molecule has 0 fully saturated rings. The number of fused-ring (bicyclic) bond motifs is 1. The Labute approximate surface area is 93.7 Å². The second-order valence-electron chi connectivity index (χ2n) is 4.49. The third-order valence-electron chi connectivity index (χ3n) is 2.52. The van der Waals surface area contributed by atoms with Gasteiger partial charge in [-0.05, 0) is 32.4 Å². The van der Waals surface area contributed by atoms with Gasteiger partial charge in [0.2, 0.25) is 5.78 Å². The second kappa shape index (κ2) is 3.46. The largest absolute Gasteiger partial charge is 0.453 e. The Kier molecular flexibility index (Phi) is 2.35. The molecule has 1 aromatic heterocycles. The van der Waals surface area contributed by atoms with Crippen molar-refractivity contribution < 1.29 is 14.3 Å². The highest BCUT2D eigenvalue weighted by Gasteiger charge is 2.28. The molecular weight excluding hydrogens is 204 g/mol. The number of benzene rings is 1. The Bertz CT molecular complexity index is 544. The molecule has 0 aliphatic carbocycles. The van der Waals surface area contributed by atoms with Crippen molar-refractivity contribution in [1.29, 1.82) is 0 Å². The molecule has 2 rings (SSSR count). The van der Waals surface area contributed by atoms with E-state index in [2.05, 4.69) is 0 Å². The first-order valence-corrected chi connectivity index (χ1v) is 5.16. The topological polar surface area (TPSA) is 50.4 Å². The minimum atomic E-state index is -1.40. The van der Waals surface area contributed by atoms with Crippen LogP contribution < -0.4 is 0 Å². The number of rotatable bonds is 2. The zero-order valence-electron chi connectivity index (χ0n) is 9.57. The van der Waals surface area contributed by atoms with E-state index in [0.29, 0.717) is 5.58 Å². The number of furan rings is 1. The summed E-state index contributed by atoms with van der Waals surface area (Å²) >= 11 is 0. The van der Waals surface area contributed by atoms with Gasteiger partial charge in [0.15, 0.2) is 5.76 Å². The number of ketones is 1. The van der Waals surface area contributed by atoms with Crippen LogP contribution in [0.2, 0.25) is 0 Å². The number of aliphatic hydroxyl groups is 1. The maximum absolute atomic E-state index is 11.8. The summed E-state index contributed by atoms with van der Waals surface area (Å²) in [6.45, 7) is 4.83. The molecule has 2 aromatic rings. The fourth-order valence-electron chi connectivity index (χ4n) is 1.62. The first kappa shape index (κ1) is 10.9. The van der Waals surface area contributed by atoms with E-state index < -0.39 is 11.4 Å². The average molecular weight is 218 g/mol. The Morgan fingerprint density at radius 1 is 1.38 bits per heavy atom. The monoisotopic (exact) mass is 218 g/mol. The van der Waals surface area contributed by atoms with Gasteiger partial charge in [0, 0.05) is 5.39 Å². The summed E-state index contributed by atoms with van der Waals surface area (Å²) < 4.78 is 5.48. The third kappa shape index (κ3) is 1.74. The molecule has 1 N–H and O–H groups in total. The summed E-state index contributed by atoms with van der Waals surface area (Å²) in [6.07, 6.45) is 0. The predicted octanol–water partition coefficient (Wildman–Crippen LogP) is 2.69. The minimum Gasteiger partial charge on any atom is -0.453 e. The smallest absolute Gasteiger partial charge is 0.228 e. The molecule has 0 bridgehead atoms. The van der Waals surface area contributed by atoms with Crippen LogP contribution in [0.4, 0.5) is 0 Å². The molecule has 3 heteroatoms. The van der Waals surface area contributed by atoms with E-state index in [1.54, 1.807) is 6.07 Å². The normalized spacial score (nSPS) is 12.0. The van der Waals surface area contributed by atoms with Crippen molar-refractivity contribution >= 4 is 16.8 Å². The van der Waals surface area contributed by atoms with Gasteiger partial charge >= 0.3 is 0 Å². The lowest BCUT2D eigenvalue weighted by molar-refractivity contribution is 0.0461. The Balaban J connectivity index is 2.56. The van der Waals surface area contributed by atoms with E-state index in [9.17, 15) is 9.90 Å². The van der Waals surface area contributed by atoms with Crippen LogP contribution in [-0.2, 0) is 0 Å². The highest BCUT2D eigenvalue weighted by atomic mass is 16.4. The van der Waals surface area contributed by atoms with Crippen molar-refractivity contribution in [3.63, 3.8) is 0 Å². The fourth-order valence-corrected chi connectivity index (χ4v) is 1.62. The number of Topliss-reactive ketones (excluding diaryl/α,β-unsaturated/α-hetero) is 1. The van der Waals surface area contributed by atoms with Gasteiger partial charge in [-0.2, -0.15) is 0 Å². The van der Waals surface area contributed by atoms with Crippen molar-refractivity contribution in [3.8, 4) is 0 Å². The Hall–Kier alpha value is -1.61. The summed E-state index contributed by atoms with van der Waals surface area (Å²) in [4.78, 5) is 11.8. The molecule has 16 heavy (non-hydrogen) atoms. The number of hydrogen-bond donors (Lipinski definition) is 1. The molecule has 0 aliphatic heterocycles. The first-order chi connectivity index (χ1) is 7.39. The molecule has 0 unspecified atom stereocenters. The quantitative estimate of drug-likeness (QED) is 0.788. The maximum atomic E-state index is 11.8. The molecule has 0 atom stereocenters. The van der Waals surface area contributed by atoms with Crippen molar-refractivity contribution in [3.05, 3.63) is 35.6 Å². The van der Waals surface area contributed by atoms with Crippen molar-refractivity contribution in [2.75, 3.05) is 0 Å². The molecule has 0 saturated heterocycles. The average Bonchev–Trinajstić information content (AvgIpc) is 2.60. The molecular formula is C13H14O3. The van der Waals surface area contributed by atoms with E-state index in [-0.39, 0.29) is 5.76 Å². The van der Waals surface area contributed by atoms with Crippen LogP contribution in [0.25, 0.3) is 11.0 Å². The maximum Gasteiger partial charge on any atom is 0.228 e. The van der Waals surface area contributed by atoms with Crippen LogP contribution in [0.15, 0.2) is 28.7 Å². The van der Waals surface area contributed by atoms with E-state index in [0.717, 1.165) is 10.9 Å². The number of hydrogen-bond acceptors (Lipinski definition) is 3. The van der Waals surface area contributed by atoms with E-state index in [1.165, 1.54) is 13.8 Å². The Morgan fingerprint density at radius 3 is 2.62 bits per heavy atom. The molecule has 84 valence electrons. The van der Waals surface area contributed by atoms with Gasteiger partial charge in [-0.25, -0.2) is 0 Å². The number of para-hydroxylation sites is 1. The van der Waals surface area contributed by atoms with Crippen molar-refractivity contribution in [2.24, 2.45) is 0 Å². The van der Waals surface area contributed by atoms with Crippen LogP contribution in [0, 0.1) is 6.92 Å². The zero-order valence-corrected chi connectivity index (χ0v) is 9.57. The number of carbonyl (C=O) groups is 1. The summed E-state index contributed by atoms with van der Waals surface area (Å²) in [6, 6.07) is 7.38. The molecule has 3 nitrogen and oxygen atoms in total. The van der Waals surface area contributed by atoms with Gasteiger partial charge in [0.25, 0.3) is 0 Å². The number of carbonyl (C=O) groups excluding carboxylic acids is 1. The minimum absolute atomic E-state index is 0.205. The molecule has 0 spiro atoms. The molecule has 1 heterocycles. The SMILES string of the molecule is Cc1cccc2cc(C(=O)C(C)(C)O)oc12. The van der Waals surface area contributed by atoms with E-state index >= 15 is 0 Å². The molecule has 0 saturated carbocycles. The third-order valence-corrected chi connectivity index (χ3v) is 2.52. The van der Waals surface area contributed by atoms with Gasteiger partial charge in [-0.15, -0.1) is 0 Å². The Morgan fingerprint density at radius 2 is 2.06 bits per heavy atom. The van der Waals surface area contributed by atoms with Crippen molar-refractivity contribution in [2.45, 2.75) is 26.4 Å². The van der Waals surface area contributed by atoms with Gasteiger partial charge in [0.1, 0.15) is 11.2 Å². The summed E-state index contributed by atoms with van der Waals surface area (Å²) in [7, 11) is 0. The van der Waals surface area contributed by atoms with Crippen LogP contribution in [-0.4, -0.2) is 16.5 Å². The number of aryl methyl sites for hydroxylation is 1. The van der Waals surface area contributed by atoms with Crippen LogP contribution in [0.1, 0.15) is 30.0 Å². The summed E-state index contributed by atoms with van der Waals surface area (Å²) in [5.41, 5.74) is 0.282. The van der Waals surface area contributed by atoms with Crippen LogP contribution >= 0.6 is 0 Å². The van der Waals surface area contributed by atoms with E-state index in [4.69, 9.17) is 4.42 Å².